The largest absolute Gasteiger partial charge is 0.496 e. The molecular formula is C18H22FNO. The summed E-state index contributed by atoms with van der Waals surface area (Å²) in [6, 6.07) is 10.8. The summed E-state index contributed by atoms with van der Waals surface area (Å²) < 4.78 is 19.2. The van der Waals surface area contributed by atoms with E-state index < -0.39 is 5.54 Å². The first-order valence-electron chi connectivity index (χ1n) is 7.03. The first kappa shape index (κ1) is 15.5. The Labute approximate surface area is 125 Å². The molecule has 3 heteroatoms. The molecule has 0 heterocycles. The van der Waals surface area contributed by atoms with E-state index >= 15 is 0 Å². The highest BCUT2D eigenvalue weighted by atomic mass is 19.1. The van der Waals surface area contributed by atoms with Gasteiger partial charge in [0.15, 0.2) is 0 Å². The van der Waals surface area contributed by atoms with Crippen molar-refractivity contribution in [3.63, 3.8) is 0 Å². The van der Waals surface area contributed by atoms with E-state index in [2.05, 4.69) is 0 Å². The standard InChI is InChI=1S/C18H22FNO/c1-12-10-17(21-4)13(2)9-15(12)18(3,20)11-14-7-5-6-8-16(14)19/h5-10H,11,20H2,1-4H3. The van der Waals surface area contributed by atoms with Gasteiger partial charge in [-0.05, 0) is 61.6 Å². The van der Waals surface area contributed by atoms with Crippen LogP contribution >= 0.6 is 0 Å². The maximum Gasteiger partial charge on any atom is 0.126 e. The Kier molecular flexibility index (Phi) is 4.33. The molecule has 21 heavy (non-hydrogen) atoms. The maximum atomic E-state index is 13.9. The van der Waals surface area contributed by atoms with E-state index in [9.17, 15) is 4.39 Å². The zero-order valence-electron chi connectivity index (χ0n) is 13.0. The van der Waals surface area contributed by atoms with Crippen LogP contribution in [-0.2, 0) is 12.0 Å². The van der Waals surface area contributed by atoms with Gasteiger partial charge in [-0.1, -0.05) is 24.3 Å². The molecule has 1 unspecified atom stereocenters. The van der Waals surface area contributed by atoms with Gasteiger partial charge >= 0.3 is 0 Å². The predicted molar refractivity (Wildman–Crippen MR) is 84.1 cm³/mol. The maximum absolute atomic E-state index is 13.9. The third kappa shape index (κ3) is 3.24. The number of halogens is 1. The lowest BCUT2D eigenvalue weighted by atomic mass is 9.83. The van der Waals surface area contributed by atoms with Crippen LogP contribution in [-0.4, -0.2) is 7.11 Å². The van der Waals surface area contributed by atoms with Crippen LogP contribution < -0.4 is 10.5 Å². The summed E-state index contributed by atoms with van der Waals surface area (Å²) in [6.07, 6.45) is 0.451. The average molecular weight is 287 g/mol. The monoisotopic (exact) mass is 287 g/mol. The van der Waals surface area contributed by atoms with Crippen molar-refractivity contribution in [2.45, 2.75) is 32.7 Å². The van der Waals surface area contributed by atoms with Crippen molar-refractivity contribution >= 4 is 0 Å². The first-order chi connectivity index (χ1) is 9.85. The quantitative estimate of drug-likeness (QED) is 0.926. The molecule has 0 aliphatic carbocycles. The number of benzene rings is 2. The highest BCUT2D eigenvalue weighted by molar-refractivity contribution is 5.45. The van der Waals surface area contributed by atoms with Gasteiger partial charge < -0.3 is 10.5 Å². The van der Waals surface area contributed by atoms with Crippen molar-refractivity contribution in [3.8, 4) is 5.75 Å². The Morgan fingerprint density at radius 1 is 1.14 bits per heavy atom. The number of ether oxygens (including phenoxy) is 1. The van der Waals surface area contributed by atoms with Gasteiger partial charge in [-0.3, -0.25) is 0 Å². The molecule has 1 atom stereocenters. The SMILES string of the molecule is COc1cc(C)c(C(C)(N)Cc2ccccc2F)cc1C. The fourth-order valence-corrected chi connectivity index (χ4v) is 2.76. The molecule has 2 N–H and O–H groups in total. The van der Waals surface area contributed by atoms with Crippen LogP contribution in [0.2, 0.25) is 0 Å². The van der Waals surface area contributed by atoms with Gasteiger partial charge in [-0.15, -0.1) is 0 Å². The Morgan fingerprint density at radius 2 is 1.81 bits per heavy atom. The Morgan fingerprint density at radius 3 is 2.43 bits per heavy atom. The molecule has 2 aromatic rings. The normalized spacial score (nSPS) is 13.8. The predicted octanol–water partition coefficient (Wildman–Crippen LogP) is 3.87. The topological polar surface area (TPSA) is 35.2 Å². The van der Waals surface area contributed by atoms with Crippen LogP contribution in [0.15, 0.2) is 36.4 Å². The third-order valence-electron chi connectivity index (χ3n) is 3.87. The zero-order chi connectivity index (χ0) is 15.6. The van der Waals surface area contributed by atoms with Crippen molar-refractivity contribution in [2.75, 3.05) is 7.11 Å². The van der Waals surface area contributed by atoms with Crippen LogP contribution in [0.25, 0.3) is 0 Å². The van der Waals surface area contributed by atoms with Crippen LogP contribution in [0.1, 0.15) is 29.2 Å². The number of hydrogen-bond acceptors (Lipinski definition) is 2. The van der Waals surface area contributed by atoms with Crippen LogP contribution in [0, 0.1) is 19.7 Å². The lowest BCUT2D eigenvalue weighted by molar-refractivity contribution is 0.409. The second-order valence-corrected chi connectivity index (χ2v) is 5.82. The van der Waals surface area contributed by atoms with Gasteiger partial charge in [0.1, 0.15) is 11.6 Å². The smallest absolute Gasteiger partial charge is 0.126 e. The lowest BCUT2D eigenvalue weighted by Crippen LogP contribution is -2.36. The molecule has 0 saturated heterocycles. The van der Waals surface area contributed by atoms with Gasteiger partial charge in [-0.2, -0.15) is 0 Å². The number of methoxy groups -OCH3 is 1. The van der Waals surface area contributed by atoms with Crippen LogP contribution in [0.5, 0.6) is 5.75 Å². The van der Waals surface area contributed by atoms with Gasteiger partial charge in [-0.25, -0.2) is 4.39 Å². The van der Waals surface area contributed by atoms with E-state index in [1.54, 1.807) is 19.2 Å². The van der Waals surface area contributed by atoms with E-state index in [0.29, 0.717) is 12.0 Å². The summed E-state index contributed by atoms with van der Waals surface area (Å²) in [6.45, 7) is 5.93. The van der Waals surface area contributed by atoms with E-state index in [4.69, 9.17) is 10.5 Å². The van der Waals surface area contributed by atoms with Gasteiger partial charge in [0.2, 0.25) is 0 Å². The summed E-state index contributed by atoms with van der Waals surface area (Å²) in [5.41, 5.74) is 9.59. The molecule has 0 spiro atoms. The highest BCUT2D eigenvalue weighted by Gasteiger charge is 2.25. The van der Waals surface area contributed by atoms with Gasteiger partial charge in [0, 0.05) is 5.54 Å². The van der Waals surface area contributed by atoms with Gasteiger partial charge in [0.25, 0.3) is 0 Å². The molecule has 0 fully saturated rings. The zero-order valence-corrected chi connectivity index (χ0v) is 13.0. The Balaban J connectivity index is 2.40. The lowest BCUT2D eigenvalue weighted by Gasteiger charge is -2.28. The summed E-state index contributed by atoms with van der Waals surface area (Å²) in [4.78, 5) is 0. The van der Waals surface area contributed by atoms with Crippen LogP contribution in [0.4, 0.5) is 4.39 Å². The minimum absolute atomic E-state index is 0.211. The summed E-state index contributed by atoms with van der Waals surface area (Å²) in [7, 11) is 1.66. The molecule has 0 aliphatic rings. The van der Waals surface area contributed by atoms with Crippen molar-refractivity contribution in [1.82, 2.24) is 0 Å². The first-order valence-corrected chi connectivity index (χ1v) is 7.03. The molecular weight excluding hydrogens is 265 g/mol. The fraction of sp³-hybridized carbons (Fsp3) is 0.333. The molecule has 0 saturated carbocycles. The molecule has 0 bridgehead atoms. The van der Waals surface area contributed by atoms with Crippen LogP contribution in [0.3, 0.4) is 0 Å². The van der Waals surface area contributed by atoms with Gasteiger partial charge in [0.05, 0.1) is 7.11 Å². The molecule has 112 valence electrons. The van der Waals surface area contributed by atoms with Crippen molar-refractivity contribution in [1.29, 1.82) is 0 Å². The molecule has 0 aromatic heterocycles. The minimum Gasteiger partial charge on any atom is -0.496 e. The molecule has 2 rings (SSSR count). The minimum atomic E-state index is -0.636. The summed E-state index contributed by atoms with van der Waals surface area (Å²) >= 11 is 0. The molecule has 2 nitrogen and oxygen atoms in total. The number of aryl methyl sites for hydroxylation is 2. The van der Waals surface area contributed by atoms with Crippen molar-refractivity contribution in [3.05, 3.63) is 64.5 Å². The molecule has 0 aliphatic heterocycles. The second kappa shape index (κ2) is 5.86. The molecule has 0 radical (unpaired) electrons. The Hall–Kier alpha value is -1.87. The fourth-order valence-electron chi connectivity index (χ4n) is 2.76. The molecule has 0 amide bonds. The van der Waals surface area contributed by atoms with Crippen molar-refractivity contribution in [2.24, 2.45) is 5.73 Å². The molecule has 2 aromatic carbocycles. The average Bonchev–Trinajstić information content (AvgIpc) is 2.43. The second-order valence-electron chi connectivity index (χ2n) is 5.82. The highest BCUT2D eigenvalue weighted by Crippen LogP contribution is 2.31. The Bertz CT molecular complexity index is 650. The van der Waals surface area contributed by atoms with E-state index in [-0.39, 0.29) is 5.82 Å². The summed E-state index contributed by atoms with van der Waals surface area (Å²) in [5, 5.41) is 0. The number of nitrogens with two attached hydrogens (primary N) is 1. The third-order valence-corrected chi connectivity index (χ3v) is 3.87. The number of rotatable bonds is 4. The van der Waals surface area contributed by atoms with Crippen molar-refractivity contribution < 1.29 is 9.13 Å². The van der Waals surface area contributed by atoms with E-state index in [1.165, 1.54) is 6.07 Å². The van der Waals surface area contributed by atoms with E-state index in [1.807, 2.05) is 39.0 Å². The van der Waals surface area contributed by atoms with E-state index in [0.717, 1.165) is 22.4 Å². The number of hydrogen-bond donors (Lipinski definition) is 1. The summed E-state index contributed by atoms with van der Waals surface area (Å²) in [5.74, 6) is 0.634.